The van der Waals surface area contributed by atoms with Crippen molar-refractivity contribution in [1.29, 1.82) is 0 Å². The van der Waals surface area contributed by atoms with E-state index in [1.54, 1.807) is 4.68 Å². The van der Waals surface area contributed by atoms with Crippen LogP contribution in [0.5, 0.6) is 0 Å². The monoisotopic (exact) mass is 411 g/mol. The van der Waals surface area contributed by atoms with Crippen molar-refractivity contribution in [2.24, 2.45) is 7.05 Å². The number of fused-ring (bicyclic) bond motifs is 1. The fraction of sp³-hybridized carbons (Fsp3) is 0.409. The number of aromatic nitrogens is 3. The van der Waals surface area contributed by atoms with E-state index in [1.807, 2.05) is 49.2 Å². The highest BCUT2D eigenvalue weighted by Gasteiger charge is 2.26. The summed E-state index contributed by atoms with van der Waals surface area (Å²) in [7, 11) is 1.88. The molecular formula is C22H26ClN5O. The predicted molar refractivity (Wildman–Crippen MR) is 117 cm³/mol. The molecule has 152 valence electrons. The molecule has 0 spiro atoms. The first-order chi connectivity index (χ1) is 13.8. The first-order valence-electron chi connectivity index (χ1n) is 9.99. The van der Waals surface area contributed by atoms with Crippen molar-refractivity contribution in [2.45, 2.75) is 26.7 Å². The third kappa shape index (κ3) is 3.69. The number of carbonyl (C=O) groups excluding carboxylic acids is 1. The maximum Gasteiger partial charge on any atom is 0.254 e. The molecule has 1 aliphatic rings. The Kier molecular flexibility index (Phi) is 5.21. The minimum atomic E-state index is 0.0613. The number of aryl methyl sites for hydroxylation is 2. The predicted octanol–water partition coefficient (Wildman–Crippen LogP) is 4.02. The van der Waals surface area contributed by atoms with Crippen LogP contribution in [0.1, 0.15) is 41.5 Å². The van der Waals surface area contributed by atoms with Crippen molar-refractivity contribution in [3.05, 3.63) is 52.3 Å². The van der Waals surface area contributed by atoms with Crippen molar-refractivity contribution in [3.8, 4) is 0 Å². The van der Waals surface area contributed by atoms with Crippen LogP contribution in [0.3, 0.4) is 0 Å². The molecule has 29 heavy (non-hydrogen) atoms. The average molecular weight is 412 g/mol. The summed E-state index contributed by atoms with van der Waals surface area (Å²) >= 11 is 6.00. The lowest BCUT2D eigenvalue weighted by molar-refractivity contribution is 0.0748. The number of pyridine rings is 1. The van der Waals surface area contributed by atoms with Gasteiger partial charge in [-0.3, -0.25) is 9.48 Å². The zero-order valence-corrected chi connectivity index (χ0v) is 18.1. The minimum Gasteiger partial charge on any atom is -0.368 e. The fourth-order valence-electron chi connectivity index (χ4n) is 3.92. The van der Waals surface area contributed by atoms with Crippen molar-refractivity contribution >= 4 is 34.2 Å². The molecule has 0 aliphatic carbocycles. The van der Waals surface area contributed by atoms with Crippen LogP contribution in [-0.2, 0) is 7.05 Å². The summed E-state index contributed by atoms with van der Waals surface area (Å²) in [5.74, 6) is 0.300. The number of hydrogen-bond acceptors (Lipinski definition) is 4. The van der Waals surface area contributed by atoms with E-state index in [1.165, 1.54) is 0 Å². The Morgan fingerprint density at radius 3 is 2.38 bits per heavy atom. The Balaban J connectivity index is 1.60. The van der Waals surface area contributed by atoms with Gasteiger partial charge in [0.15, 0.2) is 5.65 Å². The van der Waals surface area contributed by atoms with E-state index >= 15 is 0 Å². The Hall–Kier alpha value is -2.60. The number of hydrogen-bond donors (Lipinski definition) is 0. The molecule has 1 fully saturated rings. The maximum atomic E-state index is 13.5. The fourth-order valence-corrected chi connectivity index (χ4v) is 4.04. The number of benzene rings is 1. The maximum absolute atomic E-state index is 13.5. The van der Waals surface area contributed by atoms with Gasteiger partial charge in [-0.05, 0) is 43.2 Å². The molecule has 1 amide bonds. The number of piperazine rings is 1. The highest BCUT2D eigenvalue weighted by Crippen LogP contribution is 2.27. The van der Waals surface area contributed by atoms with Gasteiger partial charge < -0.3 is 9.80 Å². The first kappa shape index (κ1) is 19.7. The number of amides is 1. The average Bonchev–Trinajstić information content (AvgIpc) is 3.01. The van der Waals surface area contributed by atoms with E-state index in [0.717, 1.165) is 46.2 Å². The summed E-state index contributed by atoms with van der Waals surface area (Å²) in [4.78, 5) is 22.4. The lowest BCUT2D eigenvalue weighted by Crippen LogP contribution is -2.48. The van der Waals surface area contributed by atoms with Crippen LogP contribution in [0, 0.1) is 6.92 Å². The van der Waals surface area contributed by atoms with Gasteiger partial charge in [0.25, 0.3) is 5.91 Å². The van der Waals surface area contributed by atoms with Crippen LogP contribution in [-0.4, -0.2) is 51.8 Å². The molecule has 1 saturated heterocycles. The highest BCUT2D eigenvalue weighted by molar-refractivity contribution is 6.30. The van der Waals surface area contributed by atoms with Gasteiger partial charge in [-0.25, -0.2) is 4.98 Å². The molecule has 0 radical (unpaired) electrons. The topological polar surface area (TPSA) is 54.3 Å². The molecule has 3 heterocycles. The number of halogens is 1. The number of nitrogens with zero attached hydrogens (tertiary/aromatic N) is 5. The Morgan fingerprint density at radius 1 is 1.10 bits per heavy atom. The summed E-state index contributed by atoms with van der Waals surface area (Å²) < 4.78 is 1.77. The van der Waals surface area contributed by atoms with E-state index < -0.39 is 0 Å². The Morgan fingerprint density at radius 2 is 1.76 bits per heavy atom. The second-order valence-electron chi connectivity index (χ2n) is 7.91. The molecular weight excluding hydrogens is 386 g/mol. The van der Waals surface area contributed by atoms with Gasteiger partial charge in [0.2, 0.25) is 0 Å². The Labute approximate surface area is 176 Å². The molecule has 0 N–H and O–H groups in total. The van der Waals surface area contributed by atoms with Crippen LogP contribution in [0.4, 0.5) is 5.69 Å². The van der Waals surface area contributed by atoms with Crippen molar-refractivity contribution in [3.63, 3.8) is 0 Å². The van der Waals surface area contributed by atoms with Crippen molar-refractivity contribution in [1.82, 2.24) is 19.7 Å². The molecule has 6 nitrogen and oxygen atoms in total. The van der Waals surface area contributed by atoms with Crippen molar-refractivity contribution < 1.29 is 4.79 Å². The van der Waals surface area contributed by atoms with Crippen LogP contribution in [0.25, 0.3) is 11.0 Å². The molecule has 7 heteroatoms. The zero-order chi connectivity index (χ0) is 20.7. The van der Waals surface area contributed by atoms with Crippen LogP contribution >= 0.6 is 11.6 Å². The SMILES string of the molecule is Cc1nn(C)c2nc(C(C)C)cc(C(=O)N3CCN(c4ccc(Cl)cc4)CC3)c12. The molecule has 1 aromatic carbocycles. The van der Waals surface area contributed by atoms with E-state index in [4.69, 9.17) is 16.6 Å². The van der Waals surface area contributed by atoms with Crippen LogP contribution in [0.2, 0.25) is 5.02 Å². The molecule has 1 aliphatic heterocycles. The lowest BCUT2D eigenvalue weighted by Gasteiger charge is -2.36. The normalized spacial score (nSPS) is 14.8. The summed E-state index contributed by atoms with van der Waals surface area (Å²) in [6, 6.07) is 9.82. The summed E-state index contributed by atoms with van der Waals surface area (Å²) in [5.41, 5.74) is 4.39. The second kappa shape index (κ2) is 7.67. The smallest absolute Gasteiger partial charge is 0.254 e. The van der Waals surface area contributed by atoms with Gasteiger partial charge in [0.05, 0.1) is 16.6 Å². The molecule has 0 atom stereocenters. The van der Waals surface area contributed by atoms with Gasteiger partial charge in [-0.2, -0.15) is 5.10 Å². The molecule has 2 aromatic heterocycles. The van der Waals surface area contributed by atoms with Crippen molar-refractivity contribution in [2.75, 3.05) is 31.1 Å². The van der Waals surface area contributed by atoms with Gasteiger partial charge in [-0.1, -0.05) is 25.4 Å². The van der Waals surface area contributed by atoms with Crippen LogP contribution in [0.15, 0.2) is 30.3 Å². The van der Waals surface area contributed by atoms with Gasteiger partial charge in [-0.15, -0.1) is 0 Å². The first-order valence-corrected chi connectivity index (χ1v) is 10.4. The Bertz CT molecular complexity index is 1050. The second-order valence-corrected chi connectivity index (χ2v) is 8.35. The summed E-state index contributed by atoms with van der Waals surface area (Å²) in [6.07, 6.45) is 0. The van der Waals surface area contributed by atoms with Crippen LogP contribution < -0.4 is 4.90 Å². The molecule has 3 aromatic rings. The molecule has 0 bridgehead atoms. The third-order valence-electron chi connectivity index (χ3n) is 5.57. The van der Waals surface area contributed by atoms with Gasteiger partial charge in [0, 0.05) is 49.6 Å². The van der Waals surface area contributed by atoms with Gasteiger partial charge in [0.1, 0.15) is 0 Å². The number of anilines is 1. The molecule has 4 rings (SSSR count). The number of carbonyl (C=O) groups is 1. The van der Waals surface area contributed by atoms with E-state index in [2.05, 4.69) is 23.8 Å². The molecule has 0 saturated carbocycles. The lowest BCUT2D eigenvalue weighted by atomic mass is 10.0. The number of rotatable bonds is 3. The minimum absolute atomic E-state index is 0.0613. The highest BCUT2D eigenvalue weighted by atomic mass is 35.5. The summed E-state index contributed by atoms with van der Waals surface area (Å²) in [5, 5.41) is 6.10. The summed E-state index contributed by atoms with van der Waals surface area (Å²) in [6.45, 7) is 9.08. The van der Waals surface area contributed by atoms with E-state index in [0.29, 0.717) is 18.7 Å². The standard InChI is InChI=1S/C22H26ClN5O/c1-14(2)19-13-18(20-15(3)25-26(4)21(20)24-19)22(29)28-11-9-27(10-12-28)17-7-5-16(23)6-8-17/h5-8,13-14H,9-12H2,1-4H3. The third-order valence-corrected chi connectivity index (χ3v) is 5.82. The molecule has 0 unspecified atom stereocenters. The largest absolute Gasteiger partial charge is 0.368 e. The van der Waals surface area contributed by atoms with E-state index in [-0.39, 0.29) is 11.8 Å². The zero-order valence-electron chi connectivity index (χ0n) is 17.3. The van der Waals surface area contributed by atoms with Gasteiger partial charge >= 0.3 is 0 Å². The quantitative estimate of drug-likeness (QED) is 0.653. The van der Waals surface area contributed by atoms with E-state index in [9.17, 15) is 4.79 Å².